The molecule has 1 fully saturated rings. The molecule has 1 aromatic carbocycles. The summed E-state index contributed by atoms with van der Waals surface area (Å²) in [6.45, 7) is 2.06. The zero-order valence-corrected chi connectivity index (χ0v) is 12.2. The Morgan fingerprint density at radius 3 is 2.80 bits per heavy atom. The van der Waals surface area contributed by atoms with Crippen LogP contribution in [0.2, 0.25) is 0 Å². The minimum Gasteiger partial charge on any atom is -0.323 e. The Bertz CT molecular complexity index is 642. The van der Waals surface area contributed by atoms with E-state index in [1.54, 1.807) is 4.57 Å². The van der Waals surface area contributed by atoms with Crippen molar-refractivity contribution in [2.24, 2.45) is 5.73 Å². The minimum absolute atomic E-state index is 0.0555. The monoisotopic (exact) mass is 290 g/mol. The lowest BCUT2D eigenvalue weighted by atomic mass is 10.1. The molecule has 106 valence electrons. The van der Waals surface area contributed by atoms with Gasteiger partial charge in [-0.3, -0.25) is 4.57 Å². The van der Waals surface area contributed by atoms with Crippen molar-refractivity contribution >= 4 is 11.8 Å². The summed E-state index contributed by atoms with van der Waals surface area (Å²) in [5, 5.41) is 7.36. The number of nitrogens with one attached hydrogen (secondary N) is 1. The van der Waals surface area contributed by atoms with E-state index in [4.69, 9.17) is 5.73 Å². The highest BCUT2D eigenvalue weighted by molar-refractivity contribution is 7.99. The fourth-order valence-electron chi connectivity index (χ4n) is 2.12. The molecule has 0 spiro atoms. The first-order valence-electron chi connectivity index (χ1n) is 6.77. The van der Waals surface area contributed by atoms with Crippen LogP contribution < -0.4 is 11.4 Å². The standard InChI is InChI=1S/C14H18N4OS/c1-9-2-4-10(5-3-9)12(15)8-20-14-17-16-13(19)18(14)11-6-7-11/h2-5,11-12H,6-8,15H2,1H3,(H,16,19). The van der Waals surface area contributed by atoms with Crippen LogP contribution in [0.25, 0.3) is 0 Å². The third-order valence-corrected chi connectivity index (χ3v) is 4.55. The van der Waals surface area contributed by atoms with Gasteiger partial charge in [-0.2, -0.15) is 0 Å². The predicted octanol–water partition coefficient (Wildman–Crippen LogP) is 2.01. The van der Waals surface area contributed by atoms with Crippen molar-refractivity contribution < 1.29 is 0 Å². The van der Waals surface area contributed by atoms with E-state index in [1.807, 2.05) is 0 Å². The summed E-state index contributed by atoms with van der Waals surface area (Å²) in [5.74, 6) is 0.708. The molecule has 1 aliphatic carbocycles. The van der Waals surface area contributed by atoms with E-state index >= 15 is 0 Å². The van der Waals surface area contributed by atoms with Crippen molar-refractivity contribution in [1.82, 2.24) is 14.8 Å². The maximum Gasteiger partial charge on any atom is 0.344 e. The predicted molar refractivity (Wildman–Crippen MR) is 80.0 cm³/mol. The summed E-state index contributed by atoms with van der Waals surface area (Å²) in [6.07, 6.45) is 2.13. The zero-order valence-electron chi connectivity index (χ0n) is 11.4. The van der Waals surface area contributed by atoms with Crippen LogP contribution >= 0.6 is 11.8 Å². The third-order valence-electron chi connectivity index (χ3n) is 3.48. The van der Waals surface area contributed by atoms with E-state index < -0.39 is 0 Å². The second-order valence-corrected chi connectivity index (χ2v) is 6.23. The summed E-state index contributed by atoms with van der Waals surface area (Å²) in [7, 11) is 0. The fourth-order valence-corrected chi connectivity index (χ4v) is 3.12. The highest BCUT2D eigenvalue weighted by Crippen LogP contribution is 2.36. The average molecular weight is 290 g/mol. The molecular formula is C14H18N4OS. The SMILES string of the molecule is Cc1ccc(C(N)CSc2n[nH]c(=O)n2C2CC2)cc1. The van der Waals surface area contributed by atoms with Crippen LogP contribution in [0.1, 0.15) is 36.1 Å². The Balaban J connectivity index is 1.67. The number of nitrogens with two attached hydrogens (primary N) is 1. The summed E-state index contributed by atoms with van der Waals surface area (Å²) in [5.41, 5.74) is 8.42. The van der Waals surface area contributed by atoms with Crippen molar-refractivity contribution in [2.75, 3.05) is 5.75 Å². The number of benzene rings is 1. The summed E-state index contributed by atoms with van der Waals surface area (Å²) in [6, 6.07) is 8.51. The van der Waals surface area contributed by atoms with Gasteiger partial charge in [0.15, 0.2) is 5.16 Å². The summed E-state index contributed by atoms with van der Waals surface area (Å²) < 4.78 is 1.76. The van der Waals surface area contributed by atoms with Crippen molar-refractivity contribution in [3.05, 3.63) is 45.9 Å². The minimum atomic E-state index is -0.112. The molecule has 5 nitrogen and oxygen atoms in total. The van der Waals surface area contributed by atoms with Crippen molar-refractivity contribution in [3.8, 4) is 0 Å². The smallest absolute Gasteiger partial charge is 0.323 e. The van der Waals surface area contributed by atoms with Gasteiger partial charge in [-0.1, -0.05) is 41.6 Å². The van der Waals surface area contributed by atoms with Gasteiger partial charge < -0.3 is 5.73 Å². The molecule has 3 N–H and O–H groups in total. The molecule has 2 aromatic rings. The zero-order chi connectivity index (χ0) is 14.1. The fraction of sp³-hybridized carbons (Fsp3) is 0.429. The van der Waals surface area contributed by atoms with Crippen molar-refractivity contribution in [2.45, 2.75) is 37.0 Å². The van der Waals surface area contributed by atoms with Gasteiger partial charge in [-0.15, -0.1) is 5.10 Å². The molecule has 3 rings (SSSR count). The van der Waals surface area contributed by atoms with Gasteiger partial charge in [0.05, 0.1) is 0 Å². The number of hydrogen-bond acceptors (Lipinski definition) is 4. The molecule has 1 atom stereocenters. The number of aromatic nitrogens is 3. The van der Waals surface area contributed by atoms with Crippen molar-refractivity contribution in [1.29, 1.82) is 0 Å². The molecule has 1 aromatic heterocycles. The van der Waals surface area contributed by atoms with Gasteiger partial charge in [-0.25, -0.2) is 9.89 Å². The molecule has 20 heavy (non-hydrogen) atoms. The number of hydrogen-bond donors (Lipinski definition) is 2. The van der Waals surface area contributed by atoms with E-state index in [9.17, 15) is 4.79 Å². The molecule has 0 saturated heterocycles. The molecule has 1 aliphatic rings. The van der Waals surface area contributed by atoms with Crippen molar-refractivity contribution in [3.63, 3.8) is 0 Å². The quantitative estimate of drug-likeness (QED) is 0.826. The number of aromatic amines is 1. The number of aryl methyl sites for hydroxylation is 1. The Labute approximate surface area is 121 Å². The van der Waals surface area contributed by atoms with Gasteiger partial charge >= 0.3 is 5.69 Å². The molecule has 0 aliphatic heterocycles. The average Bonchev–Trinajstić information content (AvgIpc) is 3.21. The highest BCUT2D eigenvalue weighted by atomic mass is 32.2. The lowest BCUT2D eigenvalue weighted by Crippen LogP contribution is -2.17. The maximum absolute atomic E-state index is 11.7. The van der Waals surface area contributed by atoms with Crippen LogP contribution in [0.3, 0.4) is 0 Å². The van der Waals surface area contributed by atoms with E-state index in [0.29, 0.717) is 11.8 Å². The Morgan fingerprint density at radius 1 is 1.45 bits per heavy atom. The maximum atomic E-state index is 11.7. The number of H-pyrrole nitrogens is 1. The summed E-state index contributed by atoms with van der Waals surface area (Å²) in [4.78, 5) is 11.7. The van der Waals surface area contributed by atoms with Crippen LogP contribution in [0.15, 0.2) is 34.2 Å². The van der Waals surface area contributed by atoms with E-state index in [2.05, 4.69) is 41.4 Å². The van der Waals surface area contributed by atoms with Gasteiger partial charge in [0.25, 0.3) is 0 Å². The Morgan fingerprint density at radius 2 is 2.15 bits per heavy atom. The lowest BCUT2D eigenvalue weighted by Gasteiger charge is -2.11. The molecule has 0 radical (unpaired) electrons. The lowest BCUT2D eigenvalue weighted by molar-refractivity contribution is 0.641. The van der Waals surface area contributed by atoms with Gasteiger partial charge in [0.1, 0.15) is 0 Å². The second kappa shape index (κ2) is 5.46. The van der Waals surface area contributed by atoms with E-state index in [1.165, 1.54) is 17.3 Å². The highest BCUT2D eigenvalue weighted by Gasteiger charge is 2.28. The number of nitrogens with zero attached hydrogens (tertiary/aromatic N) is 2. The van der Waals surface area contributed by atoms with Gasteiger partial charge in [-0.05, 0) is 25.3 Å². The topological polar surface area (TPSA) is 76.7 Å². The first-order valence-corrected chi connectivity index (χ1v) is 7.75. The van der Waals surface area contributed by atoms with E-state index in [0.717, 1.165) is 23.6 Å². The molecule has 0 bridgehead atoms. The van der Waals surface area contributed by atoms with Gasteiger partial charge in [0, 0.05) is 17.8 Å². The molecule has 1 heterocycles. The number of thioether (sulfide) groups is 1. The second-order valence-electron chi connectivity index (χ2n) is 5.24. The van der Waals surface area contributed by atoms with E-state index in [-0.39, 0.29) is 11.7 Å². The summed E-state index contributed by atoms with van der Waals surface area (Å²) >= 11 is 1.54. The molecule has 0 amide bonds. The molecule has 6 heteroatoms. The molecule has 1 unspecified atom stereocenters. The third kappa shape index (κ3) is 2.81. The van der Waals surface area contributed by atoms with Crippen LogP contribution in [-0.2, 0) is 0 Å². The largest absolute Gasteiger partial charge is 0.344 e. The Kier molecular flexibility index (Phi) is 3.67. The first-order chi connectivity index (χ1) is 9.65. The first kappa shape index (κ1) is 13.5. The molecular weight excluding hydrogens is 272 g/mol. The van der Waals surface area contributed by atoms with Crippen LogP contribution in [0, 0.1) is 6.92 Å². The molecule has 1 saturated carbocycles. The normalized spacial score (nSPS) is 16.3. The van der Waals surface area contributed by atoms with Crippen LogP contribution in [-0.4, -0.2) is 20.5 Å². The number of rotatable bonds is 5. The van der Waals surface area contributed by atoms with Gasteiger partial charge in [0.2, 0.25) is 0 Å². The van der Waals surface area contributed by atoms with Crippen LogP contribution in [0.5, 0.6) is 0 Å². The van der Waals surface area contributed by atoms with Crippen LogP contribution in [0.4, 0.5) is 0 Å². The Hall–Kier alpha value is -1.53.